The van der Waals surface area contributed by atoms with Crippen LogP contribution in [-0.2, 0) is 16.0 Å². The number of likely N-dealkylation sites (tertiary alicyclic amines) is 1. The van der Waals surface area contributed by atoms with Gasteiger partial charge in [-0.3, -0.25) is 9.59 Å². The quantitative estimate of drug-likeness (QED) is 0.676. The largest absolute Gasteiger partial charge is 0.383 e. The summed E-state index contributed by atoms with van der Waals surface area (Å²) >= 11 is 0. The van der Waals surface area contributed by atoms with E-state index in [4.69, 9.17) is 5.73 Å². The van der Waals surface area contributed by atoms with Crippen LogP contribution in [0.4, 0.5) is 17.2 Å². The lowest BCUT2D eigenvalue weighted by atomic mass is 9.89. The minimum absolute atomic E-state index is 0.105. The standard InChI is InChI=1S/C26H36N6O2/c1-4-19-15-21(16-28-24(19)27)29-25(33)26(34)32-17-18(2)5-10-23(32)20-6-8-22(9-7-20)31-13-11-30(3)12-14-31/h6-9,15-16,18,23H,4-5,10-14,17H2,1-3H3,(H2,27,28)(H,29,33)/t18-,23+/m1/s1. The van der Waals surface area contributed by atoms with Gasteiger partial charge in [-0.25, -0.2) is 4.98 Å². The van der Waals surface area contributed by atoms with E-state index in [1.807, 2.05) is 6.92 Å². The maximum Gasteiger partial charge on any atom is 0.313 e. The number of likely N-dealkylation sites (N-methyl/N-ethyl adjacent to an activating group) is 1. The molecule has 3 heterocycles. The Kier molecular flexibility index (Phi) is 7.36. The van der Waals surface area contributed by atoms with Crippen molar-refractivity contribution in [3.63, 3.8) is 0 Å². The van der Waals surface area contributed by atoms with Crippen LogP contribution in [-0.4, -0.2) is 66.4 Å². The van der Waals surface area contributed by atoms with E-state index >= 15 is 0 Å². The highest BCUT2D eigenvalue weighted by Gasteiger charge is 2.34. The van der Waals surface area contributed by atoms with Gasteiger partial charge in [0, 0.05) is 38.4 Å². The Balaban J connectivity index is 1.48. The average Bonchev–Trinajstić information content (AvgIpc) is 2.85. The molecule has 0 spiro atoms. The van der Waals surface area contributed by atoms with Crippen LogP contribution >= 0.6 is 0 Å². The molecule has 0 radical (unpaired) electrons. The minimum atomic E-state index is -0.637. The number of benzene rings is 1. The Labute approximate surface area is 202 Å². The number of nitrogens with two attached hydrogens (primary N) is 1. The lowest BCUT2D eigenvalue weighted by Gasteiger charge is -2.39. The van der Waals surface area contributed by atoms with E-state index in [0.29, 0.717) is 30.4 Å². The molecular formula is C26H36N6O2. The molecule has 0 bridgehead atoms. The second kappa shape index (κ2) is 10.4. The third-order valence-electron chi connectivity index (χ3n) is 7.06. The van der Waals surface area contributed by atoms with Gasteiger partial charge in [0.1, 0.15) is 5.82 Å². The van der Waals surface area contributed by atoms with Crippen LogP contribution in [0.3, 0.4) is 0 Å². The Hall–Kier alpha value is -3.13. The van der Waals surface area contributed by atoms with Crippen LogP contribution in [0.15, 0.2) is 36.5 Å². The summed E-state index contributed by atoms with van der Waals surface area (Å²) in [5.74, 6) is -0.351. The number of aryl methyl sites for hydroxylation is 1. The van der Waals surface area contributed by atoms with E-state index in [1.165, 1.54) is 11.9 Å². The predicted molar refractivity (Wildman–Crippen MR) is 136 cm³/mol. The van der Waals surface area contributed by atoms with Gasteiger partial charge in [-0.1, -0.05) is 26.0 Å². The van der Waals surface area contributed by atoms with Crippen molar-refractivity contribution in [1.29, 1.82) is 0 Å². The number of aromatic nitrogens is 1. The molecule has 0 unspecified atom stereocenters. The zero-order valence-corrected chi connectivity index (χ0v) is 20.5. The zero-order valence-electron chi connectivity index (χ0n) is 20.5. The Morgan fingerprint density at radius 1 is 1.12 bits per heavy atom. The molecule has 0 saturated carbocycles. The second-order valence-electron chi connectivity index (χ2n) is 9.61. The van der Waals surface area contributed by atoms with Crippen molar-refractivity contribution in [2.24, 2.45) is 5.92 Å². The summed E-state index contributed by atoms with van der Waals surface area (Å²) in [6.45, 7) is 8.81. The molecule has 182 valence electrons. The molecule has 8 nitrogen and oxygen atoms in total. The van der Waals surface area contributed by atoms with Crippen molar-refractivity contribution in [3.05, 3.63) is 47.7 Å². The number of hydrogen-bond acceptors (Lipinski definition) is 6. The molecule has 2 fully saturated rings. The molecule has 1 aromatic carbocycles. The Morgan fingerprint density at radius 3 is 2.50 bits per heavy atom. The minimum Gasteiger partial charge on any atom is -0.383 e. The first-order valence-electron chi connectivity index (χ1n) is 12.3. The first kappa shape index (κ1) is 24.0. The molecule has 4 rings (SSSR count). The zero-order chi connectivity index (χ0) is 24.2. The fraction of sp³-hybridized carbons (Fsp3) is 0.500. The molecule has 2 saturated heterocycles. The number of nitrogen functional groups attached to an aromatic ring is 1. The first-order valence-corrected chi connectivity index (χ1v) is 12.3. The fourth-order valence-electron chi connectivity index (χ4n) is 4.88. The number of rotatable bonds is 4. The maximum absolute atomic E-state index is 13.3. The summed E-state index contributed by atoms with van der Waals surface area (Å²) in [5.41, 5.74) is 9.48. The van der Waals surface area contributed by atoms with Crippen molar-refractivity contribution in [2.75, 3.05) is 55.7 Å². The van der Waals surface area contributed by atoms with Gasteiger partial charge in [-0.05, 0) is 61.6 Å². The van der Waals surface area contributed by atoms with Gasteiger partial charge in [0.25, 0.3) is 0 Å². The smallest absolute Gasteiger partial charge is 0.313 e. The van der Waals surface area contributed by atoms with Crippen molar-refractivity contribution in [2.45, 2.75) is 39.2 Å². The molecule has 2 atom stereocenters. The molecule has 0 aliphatic carbocycles. The van der Waals surface area contributed by atoms with E-state index in [1.54, 1.807) is 11.0 Å². The van der Waals surface area contributed by atoms with Gasteiger partial charge in [0.15, 0.2) is 0 Å². The number of nitrogens with one attached hydrogen (secondary N) is 1. The Morgan fingerprint density at radius 2 is 1.82 bits per heavy atom. The van der Waals surface area contributed by atoms with Gasteiger partial charge in [-0.2, -0.15) is 0 Å². The maximum atomic E-state index is 13.3. The monoisotopic (exact) mass is 464 g/mol. The van der Waals surface area contributed by atoms with Gasteiger partial charge in [0.05, 0.1) is 17.9 Å². The van der Waals surface area contributed by atoms with Crippen LogP contribution in [0.25, 0.3) is 0 Å². The molecule has 2 aromatic rings. The molecule has 3 N–H and O–H groups in total. The summed E-state index contributed by atoms with van der Waals surface area (Å²) in [5, 5.41) is 2.72. The van der Waals surface area contributed by atoms with Gasteiger partial charge in [-0.15, -0.1) is 0 Å². The van der Waals surface area contributed by atoms with E-state index in [9.17, 15) is 9.59 Å². The number of carbonyl (C=O) groups excluding carboxylic acids is 2. The molecule has 1 aromatic heterocycles. The van der Waals surface area contributed by atoms with E-state index < -0.39 is 11.8 Å². The summed E-state index contributed by atoms with van der Waals surface area (Å²) in [7, 11) is 2.15. The molecule has 2 aliphatic rings. The molecule has 2 aliphatic heterocycles. The number of carbonyl (C=O) groups is 2. The number of piperidine rings is 1. The van der Waals surface area contributed by atoms with Crippen LogP contribution in [0.5, 0.6) is 0 Å². The summed E-state index contributed by atoms with van der Waals surface area (Å²) in [4.78, 5) is 36.8. The van der Waals surface area contributed by atoms with Crippen molar-refractivity contribution < 1.29 is 9.59 Å². The number of anilines is 3. The number of amides is 2. The third kappa shape index (κ3) is 5.33. The highest BCUT2D eigenvalue weighted by molar-refractivity contribution is 6.39. The van der Waals surface area contributed by atoms with Gasteiger partial charge < -0.3 is 25.8 Å². The summed E-state index contributed by atoms with van der Waals surface area (Å²) in [6, 6.07) is 10.2. The van der Waals surface area contributed by atoms with Gasteiger partial charge in [0.2, 0.25) is 0 Å². The Bertz CT molecular complexity index is 1020. The third-order valence-corrected chi connectivity index (χ3v) is 7.06. The predicted octanol–water partition coefficient (Wildman–Crippen LogP) is 2.92. The van der Waals surface area contributed by atoms with Crippen molar-refractivity contribution in [3.8, 4) is 0 Å². The highest BCUT2D eigenvalue weighted by Crippen LogP contribution is 2.34. The van der Waals surface area contributed by atoms with Crippen LogP contribution in [0.1, 0.15) is 43.9 Å². The van der Waals surface area contributed by atoms with Gasteiger partial charge >= 0.3 is 11.8 Å². The van der Waals surface area contributed by atoms with Crippen molar-refractivity contribution in [1.82, 2.24) is 14.8 Å². The van der Waals surface area contributed by atoms with E-state index in [2.05, 4.69) is 58.3 Å². The van der Waals surface area contributed by atoms with Crippen LogP contribution in [0.2, 0.25) is 0 Å². The topological polar surface area (TPSA) is 94.8 Å². The molecule has 2 amide bonds. The van der Waals surface area contributed by atoms with Crippen LogP contribution < -0.4 is 16.0 Å². The highest BCUT2D eigenvalue weighted by atomic mass is 16.2. The average molecular weight is 465 g/mol. The van der Waals surface area contributed by atoms with E-state index in [0.717, 1.165) is 50.1 Å². The number of hydrogen-bond donors (Lipinski definition) is 2. The first-order chi connectivity index (χ1) is 16.4. The summed E-state index contributed by atoms with van der Waals surface area (Å²) < 4.78 is 0. The second-order valence-corrected chi connectivity index (χ2v) is 9.61. The SMILES string of the molecule is CCc1cc(NC(=O)C(=O)N2C[C@H](C)CC[C@H]2c2ccc(N3CCN(C)CC3)cc2)cnc1N. The summed E-state index contributed by atoms with van der Waals surface area (Å²) in [6.07, 6.45) is 4.06. The van der Waals surface area contributed by atoms with E-state index in [-0.39, 0.29) is 6.04 Å². The number of nitrogens with zero attached hydrogens (tertiary/aromatic N) is 4. The fourth-order valence-corrected chi connectivity index (χ4v) is 4.88. The van der Waals surface area contributed by atoms with Crippen LogP contribution in [0, 0.1) is 5.92 Å². The van der Waals surface area contributed by atoms with Crippen molar-refractivity contribution >= 4 is 29.0 Å². The lowest BCUT2D eigenvalue weighted by molar-refractivity contribution is -0.146. The number of pyridine rings is 1. The molecular weight excluding hydrogens is 428 g/mol. The molecule has 8 heteroatoms. The molecule has 34 heavy (non-hydrogen) atoms. The normalized spacial score (nSPS) is 21.4. The number of piperazine rings is 1. The lowest BCUT2D eigenvalue weighted by Crippen LogP contribution is -2.46.